The van der Waals surface area contributed by atoms with Crippen molar-refractivity contribution in [3.05, 3.63) is 64.7 Å². The SMILES string of the molecule is CCOc1c(/C(C)=C/C(=O)N2CCN(Cc3ccccn3)CC2)cc2c(C)c(C)oc2c1C. The van der Waals surface area contributed by atoms with Crippen molar-refractivity contribution in [2.24, 2.45) is 0 Å². The third-order valence-corrected chi connectivity index (χ3v) is 6.50. The molecule has 0 saturated carbocycles. The molecule has 6 nitrogen and oxygen atoms in total. The van der Waals surface area contributed by atoms with Crippen molar-refractivity contribution >= 4 is 22.4 Å². The van der Waals surface area contributed by atoms with Crippen LogP contribution >= 0.6 is 0 Å². The number of amides is 1. The van der Waals surface area contributed by atoms with Gasteiger partial charge in [-0.05, 0) is 64.0 Å². The molecule has 1 aliphatic heterocycles. The van der Waals surface area contributed by atoms with E-state index in [1.54, 1.807) is 6.08 Å². The average Bonchev–Trinajstić information content (AvgIpc) is 3.10. The van der Waals surface area contributed by atoms with Crippen LogP contribution in [0.15, 0.2) is 41.0 Å². The molecular weight excluding hydrogens is 414 g/mol. The molecule has 174 valence electrons. The van der Waals surface area contributed by atoms with Gasteiger partial charge in [-0.2, -0.15) is 0 Å². The molecular formula is C27H33N3O3. The Bertz CT molecular complexity index is 1170. The zero-order valence-electron chi connectivity index (χ0n) is 20.3. The van der Waals surface area contributed by atoms with Crippen molar-refractivity contribution < 1.29 is 13.9 Å². The quantitative estimate of drug-likeness (QED) is 0.503. The number of furan rings is 1. The van der Waals surface area contributed by atoms with E-state index < -0.39 is 0 Å². The van der Waals surface area contributed by atoms with E-state index in [-0.39, 0.29) is 5.91 Å². The van der Waals surface area contributed by atoms with Crippen molar-refractivity contribution in [1.29, 1.82) is 0 Å². The summed E-state index contributed by atoms with van der Waals surface area (Å²) in [6.45, 7) is 14.5. The van der Waals surface area contributed by atoms with Crippen LogP contribution in [0.5, 0.6) is 5.75 Å². The molecule has 2 aromatic heterocycles. The molecule has 0 aliphatic carbocycles. The number of piperazine rings is 1. The van der Waals surface area contributed by atoms with E-state index >= 15 is 0 Å². The summed E-state index contributed by atoms with van der Waals surface area (Å²) in [5.74, 6) is 1.75. The summed E-state index contributed by atoms with van der Waals surface area (Å²) in [7, 11) is 0. The van der Waals surface area contributed by atoms with Crippen LogP contribution in [0.25, 0.3) is 16.5 Å². The predicted octanol–water partition coefficient (Wildman–Crippen LogP) is 4.90. The number of hydrogen-bond acceptors (Lipinski definition) is 5. The first-order valence-corrected chi connectivity index (χ1v) is 11.6. The number of ether oxygens (including phenoxy) is 1. The van der Waals surface area contributed by atoms with Crippen LogP contribution in [0.1, 0.15) is 42.0 Å². The monoisotopic (exact) mass is 447 g/mol. The van der Waals surface area contributed by atoms with Gasteiger partial charge in [0.15, 0.2) is 0 Å². The van der Waals surface area contributed by atoms with Gasteiger partial charge in [0.1, 0.15) is 17.1 Å². The molecule has 4 rings (SSSR count). The highest BCUT2D eigenvalue weighted by molar-refractivity contribution is 5.98. The Labute approximate surface area is 195 Å². The van der Waals surface area contributed by atoms with Gasteiger partial charge in [0.25, 0.3) is 0 Å². The second kappa shape index (κ2) is 9.79. The number of pyridine rings is 1. The smallest absolute Gasteiger partial charge is 0.246 e. The number of carbonyl (C=O) groups excluding carboxylic acids is 1. The van der Waals surface area contributed by atoms with Gasteiger partial charge in [0.2, 0.25) is 5.91 Å². The number of nitrogens with zero attached hydrogens (tertiary/aromatic N) is 3. The number of carbonyl (C=O) groups is 1. The molecule has 0 N–H and O–H groups in total. The summed E-state index contributed by atoms with van der Waals surface area (Å²) >= 11 is 0. The van der Waals surface area contributed by atoms with Crippen LogP contribution in [-0.2, 0) is 11.3 Å². The van der Waals surface area contributed by atoms with Crippen LogP contribution in [0.2, 0.25) is 0 Å². The summed E-state index contributed by atoms with van der Waals surface area (Å²) in [5.41, 5.74) is 5.88. The molecule has 33 heavy (non-hydrogen) atoms. The summed E-state index contributed by atoms with van der Waals surface area (Å²) in [6, 6.07) is 8.09. The molecule has 1 aromatic carbocycles. The van der Waals surface area contributed by atoms with Gasteiger partial charge in [-0.15, -0.1) is 0 Å². The van der Waals surface area contributed by atoms with E-state index in [1.165, 1.54) is 0 Å². The number of rotatable bonds is 6. The summed E-state index contributed by atoms with van der Waals surface area (Å²) < 4.78 is 12.0. The van der Waals surface area contributed by atoms with Gasteiger partial charge < -0.3 is 14.1 Å². The Morgan fingerprint density at radius 3 is 2.58 bits per heavy atom. The molecule has 1 amide bonds. The van der Waals surface area contributed by atoms with Crippen LogP contribution in [0.4, 0.5) is 0 Å². The lowest BCUT2D eigenvalue weighted by atomic mass is 9.98. The second-order valence-electron chi connectivity index (χ2n) is 8.72. The first-order chi connectivity index (χ1) is 15.9. The number of benzene rings is 1. The topological polar surface area (TPSA) is 58.8 Å². The maximum atomic E-state index is 13.1. The molecule has 3 aromatic rings. The van der Waals surface area contributed by atoms with E-state index in [0.717, 1.165) is 70.1 Å². The summed E-state index contributed by atoms with van der Waals surface area (Å²) in [6.07, 6.45) is 3.57. The van der Waals surface area contributed by atoms with E-state index in [1.807, 2.05) is 57.0 Å². The fraction of sp³-hybridized carbons (Fsp3) is 0.407. The Hall–Kier alpha value is -3.12. The molecule has 0 atom stereocenters. The van der Waals surface area contributed by atoms with E-state index in [2.05, 4.69) is 22.9 Å². The lowest BCUT2D eigenvalue weighted by Gasteiger charge is -2.34. The Kier molecular flexibility index (Phi) is 6.84. The molecule has 0 spiro atoms. The molecule has 1 saturated heterocycles. The van der Waals surface area contributed by atoms with Crippen LogP contribution < -0.4 is 4.74 Å². The zero-order valence-corrected chi connectivity index (χ0v) is 20.3. The number of fused-ring (bicyclic) bond motifs is 1. The minimum absolute atomic E-state index is 0.0466. The Morgan fingerprint density at radius 2 is 1.91 bits per heavy atom. The third kappa shape index (κ3) is 4.81. The molecule has 3 heterocycles. The minimum atomic E-state index is 0.0466. The van der Waals surface area contributed by atoms with Crippen molar-refractivity contribution in [3.63, 3.8) is 0 Å². The number of hydrogen-bond donors (Lipinski definition) is 0. The van der Waals surface area contributed by atoms with Gasteiger partial charge in [-0.25, -0.2) is 0 Å². The highest BCUT2D eigenvalue weighted by Gasteiger charge is 2.22. The first-order valence-electron chi connectivity index (χ1n) is 11.6. The van der Waals surface area contributed by atoms with Gasteiger partial charge >= 0.3 is 0 Å². The molecule has 0 unspecified atom stereocenters. The van der Waals surface area contributed by atoms with Crippen LogP contribution in [0, 0.1) is 20.8 Å². The molecule has 0 radical (unpaired) electrons. The highest BCUT2D eigenvalue weighted by Crippen LogP contribution is 2.39. The highest BCUT2D eigenvalue weighted by atomic mass is 16.5. The lowest BCUT2D eigenvalue weighted by molar-refractivity contribution is -0.127. The van der Waals surface area contributed by atoms with E-state index in [9.17, 15) is 4.79 Å². The third-order valence-electron chi connectivity index (χ3n) is 6.50. The fourth-order valence-corrected chi connectivity index (χ4v) is 4.44. The van der Waals surface area contributed by atoms with Crippen molar-refractivity contribution in [1.82, 2.24) is 14.8 Å². The maximum absolute atomic E-state index is 13.1. The fourth-order valence-electron chi connectivity index (χ4n) is 4.44. The molecule has 1 aliphatic rings. The number of aromatic nitrogens is 1. The minimum Gasteiger partial charge on any atom is -0.493 e. The van der Waals surface area contributed by atoms with Crippen molar-refractivity contribution in [3.8, 4) is 5.75 Å². The Balaban J connectivity index is 1.52. The van der Waals surface area contributed by atoms with Gasteiger partial charge in [-0.1, -0.05) is 6.07 Å². The average molecular weight is 448 g/mol. The second-order valence-corrected chi connectivity index (χ2v) is 8.72. The van der Waals surface area contributed by atoms with E-state index in [4.69, 9.17) is 9.15 Å². The van der Waals surface area contributed by atoms with Crippen molar-refractivity contribution in [2.75, 3.05) is 32.8 Å². The normalized spacial score (nSPS) is 15.3. The first kappa shape index (κ1) is 23.1. The number of aryl methyl sites for hydroxylation is 3. The van der Waals surface area contributed by atoms with Gasteiger partial charge in [-0.3, -0.25) is 14.7 Å². The van der Waals surface area contributed by atoms with Crippen LogP contribution in [-0.4, -0.2) is 53.5 Å². The predicted molar refractivity (Wildman–Crippen MR) is 131 cm³/mol. The molecule has 1 fully saturated rings. The Morgan fingerprint density at radius 1 is 1.15 bits per heavy atom. The maximum Gasteiger partial charge on any atom is 0.246 e. The molecule has 0 bridgehead atoms. The summed E-state index contributed by atoms with van der Waals surface area (Å²) in [5, 5.41) is 1.08. The van der Waals surface area contributed by atoms with E-state index in [0.29, 0.717) is 19.7 Å². The standard InChI is InChI=1S/C27H33N3O3/c1-6-32-26-20(4)27-24(19(3)21(5)33-27)16-23(26)18(2)15-25(31)30-13-11-29(12-14-30)17-22-9-7-8-10-28-22/h7-10,15-16H,6,11-14,17H2,1-5H3/b18-15+. The van der Waals surface area contributed by atoms with Gasteiger partial charge in [0.05, 0.1) is 12.3 Å². The number of allylic oxidation sites excluding steroid dienone is 1. The zero-order chi connectivity index (χ0) is 23.5. The molecule has 6 heteroatoms. The lowest BCUT2D eigenvalue weighted by Crippen LogP contribution is -2.47. The van der Waals surface area contributed by atoms with Crippen LogP contribution in [0.3, 0.4) is 0 Å². The summed E-state index contributed by atoms with van der Waals surface area (Å²) in [4.78, 5) is 21.8. The van der Waals surface area contributed by atoms with Gasteiger partial charge in [0, 0.05) is 61.5 Å². The largest absolute Gasteiger partial charge is 0.493 e. The van der Waals surface area contributed by atoms with Crippen molar-refractivity contribution in [2.45, 2.75) is 41.2 Å².